The minimum Gasteiger partial charge on any atom is -0.394 e. The standard InChI is InChI=1S/C46H85NO5/c1-3-5-7-9-11-13-15-17-19-21-22-24-26-28-30-32-34-36-38-40-44(50)46(52)47-42(41-48)45(51)43(49)39-37-35-33-31-29-27-25-23-20-18-16-14-12-10-8-6-4-2/h14,16,22-25,31,33,42-45,48-51H,3-13,15,17-21,26-30,32,34-41H2,1-2H3,(H,47,52)/b16-14+,24-22-,25-23+,33-31+. The fraction of sp³-hybridized carbons (Fsp3) is 0.804. The predicted molar refractivity (Wildman–Crippen MR) is 223 cm³/mol. The highest BCUT2D eigenvalue weighted by Crippen LogP contribution is 2.14. The molecule has 0 spiro atoms. The van der Waals surface area contributed by atoms with Gasteiger partial charge in [-0.05, 0) is 89.9 Å². The molecule has 0 fully saturated rings. The topological polar surface area (TPSA) is 110 Å². The van der Waals surface area contributed by atoms with Crippen molar-refractivity contribution >= 4 is 5.91 Å². The molecule has 0 heterocycles. The summed E-state index contributed by atoms with van der Waals surface area (Å²) >= 11 is 0. The summed E-state index contributed by atoms with van der Waals surface area (Å²) in [6.45, 7) is 4.01. The molecule has 0 aromatic rings. The van der Waals surface area contributed by atoms with E-state index in [1.165, 1.54) is 109 Å². The maximum Gasteiger partial charge on any atom is 0.249 e. The monoisotopic (exact) mass is 732 g/mol. The lowest BCUT2D eigenvalue weighted by molar-refractivity contribution is -0.132. The number of rotatable bonds is 39. The number of carbonyl (C=O) groups excluding carboxylic acids is 1. The van der Waals surface area contributed by atoms with Gasteiger partial charge in [-0.15, -0.1) is 0 Å². The maximum absolute atomic E-state index is 12.5. The van der Waals surface area contributed by atoms with E-state index >= 15 is 0 Å². The van der Waals surface area contributed by atoms with Gasteiger partial charge >= 0.3 is 0 Å². The number of aliphatic hydroxyl groups is 4. The van der Waals surface area contributed by atoms with Crippen LogP contribution >= 0.6 is 0 Å². The first-order chi connectivity index (χ1) is 25.5. The summed E-state index contributed by atoms with van der Waals surface area (Å²) in [6, 6.07) is -1.01. The second kappa shape index (κ2) is 40.5. The Hall–Kier alpha value is -1.73. The molecule has 4 atom stereocenters. The number of nitrogens with one attached hydrogen (secondary N) is 1. The van der Waals surface area contributed by atoms with Gasteiger partial charge in [-0.1, -0.05) is 165 Å². The number of amides is 1. The average Bonchev–Trinajstić information content (AvgIpc) is 3.15. The van der Waals surface area contributed by atoms with Crippen LogP contribution in [0.1, 0.15) is 206 Å². The van der Waals surface area contributed by atoms with Crippen LogP contribution in [0.3, 0.4) is 0 Å². The van der Waals surface area contributed by atoms with Crippen LogP contribution in [-0.4, -0.2) is 57.3 Å². The molecule has 0 saturated heterocycles. The summed E-state index contributed by atoms with van der Waals surface area (Å²) in [5, 5.41) is 43.6. The Balaban J connectivity index is 3.84. The number of carbonyl (C=O) groups is 1. The molecule has 1 amide bonds. The summed E-state index contributed by atoms with van der Waals surface area (Å²) in [5.41, 5.74) is 0. The van der Waals surface area contributed by atoms with Crippen LogP contribution < -0.4 is 5.32 Å². The Bertz CT molecular complexity index is 869. The van der Waals surface area contributed by atoms with Gasteiger partial charge in [-0.3, -0.25) is 4.79 Å². The number of unbranched alkanes of at least 4 members (excludes halogenated alkanes) is 22. The van der Waals surface area contributed by atoms with Crippen LogP contribution in [0.5, 0.6) is 0 Å². The summed E-state index contributed by atoms with van der Waals surface area (Å²) in [5.74, 6) is -0.606. The molecule has 6 nitrogen and oxygen atoms in total. The van der Waals surface area contributed by atoms with Gasteiger partial charge in [0.05, 0.1) is 18.8 Å². The number of hydrogen-bond acceptors (Lipinski definition) is 5. The van der Waals surface area contributed by atoms with Crippen LogP contribution in [-0.2, 0) is 4.79 Å². The fourth-order valence-electron chi connectivity index (χ4n) is 6.43. The lowest BCUT2D eigenvalue weighted by atomic mass is 10.00. The molecule has 5 N–H and O–H groups in total. The van der Waals surface area contributed by atoms with Crippen LogP contribution in [0.25, 0.3) is 0 Å². The van der Waals surface area contributed by atoms with E-state index in [0.29, 0.717) is 19.3 Å². The van der Waals surface area contributed by atoms with Crippen molar-refractivity contribution in [2.24, 2.45) is 0 Å². The minimum atomic E-state index is -1.30. The highest BCUT2D eigenvalue weighted by atomic mass is 16.3. The van der Waals surface area contributed by atoms with Gasteiger partial charge in [-0.25, -0.2) is 0 Å². The van der Waals surface area contributed by atoms with Crippen molar-refractivity contribution in [2.75, 3.05) is 6.61 Å². The zero-order chi connectivity index (χ0) is 38.2. The van der Waals surface area contributed by atoms with Gasteiger partial charge in [-0.2, -0.15) is 0 Å². The van der Waals surface area contributed by atoms with Gasteiger partial charge in [0.25, 0.3) is 0 Å². The normalized spacial score (nSPS) is 14.7. The maximum atomic E-state index is 12.5. The largest absolute Gasteiger partial charge is 0.394 e. The smallest absolute Gasteiger partial charge is 0.249 e. The van der Waals surface area contributed by atoms with E-state index in [1.807, 2.05) is 0 Å². The third-order valence-electron chi connectivity index (χ3n) is 9.97. The second-order valence-corrected chi connectivity index (χ2v) is 15.0. The van der Waals surface area contributed by atoms with Crippen molar-refractivity contribution in [2.45, 2.75) is 231 Å². The van der Waals surface area contributed by atoms with Gasteiger partial charge < -0.3 is 25.7 Å². The lowest BCUT2D eigenvalue weighted by Gasteiger charge is -2.27. The summed E-state index contributed by atoms with van der Waals surface area (Å²) in [6.07, 6.45) is 48.5. The van der Waals surface area contributed by atoms with Gasteiger partial charge in [0.15, 0.2) is 0 Å². The Morgan fingerprint density at radius 1 is 0.462 bits per heavy atom. The van der Waals surface area contributed by atoms with E-state index in [-0.39, 0.29) is 0 Å². The molecule has 52 heavy (non-hydrogen) atoms. The molecule has 0 saturated carbocycles. The number of allylic oxidation sites excluding steroid dienone is 8. The summed E-state index contributed by atoms with van der Waals surface area (Å²) in [4.78, 5) is 12.5. The van der Waals surface area contributed by atoms with Crippen molar-refractivity contribution in [3.8, 4) is 0 Å². The molecule has 0 rings (SSSR count). The number of hydrogen-bond donors (Lipinski definition) is 5. The predicted octanol–water partition coefficient (Wildman–Crippen LogP) is 11.5. The first-order valence-corrected chi connectivity index (χ1v) is 22.0. The first-order valence-electron chi connectivity index (χ1n) is 22.0. The van der Waals surface area contributed by atoms with E-state index in [1.54, 1.807) is 0 Å². The molecule has 0 aromatic heterocycles. The van der Waals surface area contributed by atoms with E-state index < -0.39 is 36.9 Å². The van der Waals surface area contributed by atoms with E-state index in [9.17, 15) is 25.2 Å². The molecule has 4 unspecified atom stereocenters. The van der Waals surface area contributed by atoms with Crippen molar-refractivity contribution in [1.82, 2.24) is 5.32 Å². The van der Waals surface area contributed by atoms with E-state index in [4.69, 9.17) is 0 Å². The highest BCUT2D eigenvalue weighted by molar-refractivity contribution is 5.80. The molecule has 0 bridgehead atoms. The summed E-state index contributed by atoms with van der Waals surface area (Å²) in [7, 11) is 0. The van der Waals surface area contributed by atoms with Gasteiger partial charge in [0, 0.05) is 0 Å². The zero-order valence-electron chi connectivity index (χ0n) is 34.0. The second-order valence-electron chi connectivity index (χ2n) is 15.0. The van der Waals surface area contributed by atoms with E-state index in [2.05, 4.69) is 67.8 Å². The fourth-order valence-corrected chi connectivity index (χ4v) is 6.43. The van der Waals surface area contributed by atoms with Crippen LogP contribution in [0.4, 0.5) is 0 Å². The van der Waals surface area contributed by atoms with Crippen molar-refractivity contribution in [1.29, 1.82) is 0 Å². The van der Waals surface area contributed by atoms with E-state index in [0.717, 1.165) is 64.2 Å². The van der Waals surface area contributed by atoms with Crippen molar-refractivity contribution in [3.05, 3.63) is 48.6 Å². The molecular weight excluding hydrogens is 647 g/mol. The molecule has 6 heteroatoms. The Kier molecular flexibility index (Phi) is 39.1. The molecule has 0 aliphatic rings. The minimum absolute atomic E-state index is 0.350. The third-order valence-corrected chi connectivity index (χ3v) is 9.97. The quantitative estimate of drug-likeness (QED) is 0.0319. The Morgan fingerprint density at radius 2 is 0.808 bits per heavy atom. The SMILES string of the molecule is CCCCCC/C=C/CC/C=C/CC/C=C/CCCC(O)C(O)C(CO)NC(=O)C(O)CCCCCCCC/C=C\CCCCCCCCCCC. The average molecular weight is 732 g/mol. The molecule has 304 valence electrons. The first kappa shape index (κ1) is 50.3. The van der Waals surface area contributed by atoms with Crippen LogP contribution in [0.2, 0.25) is 0 Å². The van der Waals surface area contributed by atoms with Gasteiger partial charge in [0.2, 0.25) is 5.91 Å². The molecule has 0 aromatic carbocycles. The lowest BCUT2D eigenvalue weighted by Crippen LogP contribution is -2.53. The van der Waals surface area contributed by atoms with Crippen LogP contribution in [0.15, 0.2) is 48.6 Å². The Labute approximate surface area is 321 Å². The molecule has 0 radical (unpaired) electrons. The van der Waals surface area contributed by atoms with Crippen LogP contribution in [0, 0.1) is 0 Å². The van der Waals surface area contributed by atoms with Gasteiger partial charge in [0.1, 0.15) is 12.2 Å². The number of aliphatic hydroxyl groups excluding tert-OH is 4. The summed E-state index contributed by atoms with van der Waals surface area (Å²) < 4.78 is 0. The van der Waals surface area contributed by atoms with Crippen molar-refractivity contribution < 1.29 is 25.2 Å². The third kappa shape index (κ3) is 34.1. The zero-order valence-corrected chi connectivity index (χ0v) is 34.0. The molecule has 0 aliphatic heterocycles. The molecular formula is C46H85NO5. The molecule has 0 aliphatic carbocycles. The van der Waals surface area contributed by atoms with Crippen molar-refractivity contribution in [3.63, 3.8) is 0 Å². The Morgan fingerprint density at radius 3 is 1.23 bits per heavy atom. The highest BCUT2D eigenvalue weighted by Gasteiger charge is 2.28.